The third kappa shape index (κ3) is 4.96. The fourth-order valence-corrected chi connectivity index (χ4v) is 4.17. The summed E-state index contributed by atoms with van der Waals surface area (Å²) in [6.07, 6.45) is 8.05. The van der Waals surface area contributed by atoms with Gasteiger partial charge in [0.15, 0.2) is 5.17 Å². The topological polar surface area (TPSA) is 27.6 Å². The van der Waals surface area contributed by atoms with E-state index in [2.05, 4.69) is 31.1 Å². The highest BCUT2D eigenvalue weighted by atomic mass is 32.2. The summed E-state index contributed by atoms with van der Waals surface area (Å²) in [5, 5.41) is 4.89. The van der Waals surface area contributed by atoms with E-state index in [4.69, 9.17) is 4.99 Å². The molecule has 20 heavy (non-hydrogen) atoms. The van der Waals surface area contributed by atoms with Gasteiger partial charge < -0.3 is 10.2 Å². The van der Waals surface area contributed by atoms with Crippen LogP contribution >= 0.6 is 11.8 Å². The number of amidine groups is 1. The van der Waals surface area contributed by atoms with Crippen molar-refractivity contribution in [3.05, 3.63) is 0 Å². The van der Waals surface area contributed by atoms with Crippen LogP contribution in [0.1, 0.15) is 52.4 Å². The van der Waals surface area contributed by atoms with E-state index in [1.165, 1.54) is 56.0 Å². The van der Waals surface area contributed by atoms with Crippen molar-refractivity contribution in [2.75, 3.05) is 25.9 Å². The minimum atomic E-state index is 0.653. The average Bonchev–Trinajstić information content (AvgIpc) is 2.46. The Hall–Kier alpha value is -0.220. The molecular weight excluding hydrogens is 266 g/mol. The lowest BCUT2D eigenvalue weighted by atomic mass is 9.86. The van der Waals surface area contributed by atoms with Gasteiger partial charge >= 0.3 is 0 Å². The standard InChI is InChI=1S/C16H31N3S/c1-13(2)19(3)11-7-6-10-17-16-18-15-9-5-4-8-14(15)12-20-16/h13-15H,4-12H2,1-3H3,(H,17,18). The zero-order valence-corrected chi connectivity index (χ0v) is 14.2. The Morgan fingerprint density at radius 3 is 2.90 bits per heavy atom. The zero-order chi connectivity index (χ0) is 14.4. The van der Waals surface area contributed by atoms with Crippen LogP contribution in [0.25, 0.3) is 0 Å². The van der Waals surface area contributed by atoms with Crippen molar-refractivity contribution in [2.45, 2.75) is 64.5 Å². The van der Waals surface area contributed by atoms with Gasteiger partial charge in [-0.2, -0.15) is 0 Å². The Bertz CT molecular complexity index is 317. The maximum Gasteiger partial charge on any atom is 0.156 e. The Balaban J connectivity index is 1.63. The van der Waals surface area contributed by atoms with Gasteiger partial charge in [0.05, 0.1) is 0 Å². The maximum atomic E-state index is 4.77. The SMILES string of the molecule is CC(C)N(C)CCCCN=C1NC2CCCCC2CS1. The minimum Gasteiger partial charge on any atom is -0.362 e. The molecule has 4 heteroatoms. The highest BCUT2D eigenvalue weighted by Crippen LogP contribution is 2.31. The normalized spacial score (nSPS) is 28.8. The van der Waals surface area contributed by atoms with Gasteiger partial charge in [0, 0.05) is 24.4 Å². The van der Waals surface area contributed by atoms with Gasteiger partial charge in [-0.05, 0) is 59.0 Å². The van der Waals surface area contributed by atoms with Crippen LogP contribution < -0.4 is 5.32 Å². The molecule has 0 aromatic rings. The summed E-state index contributed by atoms with van der Waals surface area (Å²) in [6, 6.07) is 1.37. The molecule has 1 N–H and O–H groups in total. The van der Waals surface area contributed by atoms with Crippen LogP contribution in [-0.2, 0) is 0 Å². The molecule has 1 saturated heterocycles. The van der Waals surface area contributed by atoms with E-state index in [0.29, 0.717) is 6.04 Å². The van der Waals surface area contributed by atoms with E-state index in [1.807, 2.05) is 11.8 Å². The molecule has 0 spiro atoms. The molecule has 1 heterocycles. The van der Waals surface area contributed by atoms with Crippen LogP contribution in [0.5, 0.6) is 0 Å². The van der Waals surface area contributed by atoms with Gasteiger partial charge in [0.1, 0.15) is 0 Å². The second kappa shape index (κ2) is 8.28. The Morgan fingerprint density at radius 2 is 2.10 bits per heavy atom. The number of aliphatic imine (C=N–C) groups is 1. The number of hydrogen-bond acceptors (Lipinski definition) is 3. The summed E-state index contributed by atoms with van der Waals surface area (Å²) in [7, 11) is 2.21. The first-order valence-corrected chi connectivity index (χ1v) is 9.29. The Kier molecular flexibility index (Phi) is 6.69. The first kappa shape index (κ1) is 16.2. The molecule has 1 aliphatic carbocycles. The molecule has 2 fully saturated rings. The van der Waals surface area contributed by atoms with Crippen molar-refractivity contribution in [1.29, 1.82) is 0 Å². The summed E-state index contributed by atoms with van der Waals surface area (Å²) >= 11 is 1.95. The second-order valence-electron chi connectivity index (χ2n) is 6.57. The molecule has 2 unspecified atom stereocenters. The van der Waals surface area contributed by atoms with Crippen LogP contribution in [0.15, 0.2) is 4.99 Å². The first-order valence-electron chi connectivity index (χ1n) is 8.31. The zero-order valence-electron chi connectivity index (χ0n) is 13.4. The molecule has 1 aliphatic heterocycles. The van der Waals surface area contributed by atoms with Crippen LogP contribution in [0.3, 0.4) is 0 Å². The van der Waals surface area contributed by atoms with Gasteiger partial charge in [-0.25, -0.2) is 0 Å². The molecular formula is C16H31N3S. The predicted molar refractivity (Wildman–Crippen MR) is 90.6 cm³/mol. The van der Waals surface area contributed by atoms with Crippen molar-refractivity contribution in [3.8, 4) is 0 Å². The summed E-state index contributed by atoms with van der Waals surface area (Å²) in [5.41, 5.74) is 0. The van der Waals surface area contributed by atoms with Crippen LogP contribution in [0.2, 0.25) is 0 Å². The molecule has 0 aromatic carbocycles. The quantitative estimate of drug-likeness (QED) is 0.762. The lowest BCUT2D eigenvalue weighted by Gasteiger charge is -2.36. The molecule has 1 saturated carbocycles. The van der Waals surface area contributed by atoms with E-state index < -0.39 is 0 Å². The van der Waals surface area contributed by atoms with Crippen molar-refractivity contribution in [3.63, 3.8) is 0 Å². The molecule has 3 nitrogen and oxygen atoms in total. The number of fused-ring (bicyclic) bond motifs is 1. The molecule has 2 atom stereocenters. The van der Waals surface area contributed by atoms with E-state index in [-0.39, 0.29) is 0 Å². The highest BCUT2D eigenvalue weighted by Gasteiger charge is 2.29. The van der Waals surface area contributed by atoms with Crippen molar-refractivity contribution < 1.29 is 0 Å². The summed E-state index contributed by atoms with van der Waals surface area (Å²) < 4.78 is 0. The summed E-state index contributed by atoms with van der Waals surface area (Å²) in [4.78, 5) is 7.18. The number of nitrogens with zero attached hydrogens (tertiary/aromatic N) is 2. The van der Waals surface area contributed by atoms with E-state index in [0.717, 1.165) is 18.5 Å². The fraction of sp³-hybridized carbons (Fsp3) is 0.938. The Labute approximate surface area is 129 Å². The third-order valence-electron chi connectivity index (χ3n) is 4.71. The van der Waals surface area contributed by atoms with Crippen molar-refractivity contribution >= 4 is 16.9 Å². The predicted octanol–water partition coefficient (Wildman–Crippen LogP) is 3.36. The van der Waals surface area contributed by atoms with Gasteiger partial charge in [-0.3, -0.25) is 4.99 Å². The van der Waals surface area contributed by atoms with Crippen molar-refractivity contribution in [2.24, 2.45) is 10.9 Å². The third-order valence-corrected chi connectivity index (χ3v) is 5.82. The minimum absolute atomic E-state index is 0.653. The number of unbranched alkanes of at least 4 members (excludes halogenated alkanes) is 1. The largest absolute Gasteiger partial charge is 0.362 e. The van der Waals surface area contributed by atoms with E-state index >= 15 is 0 Å². The first-order chi connectivity index (χ1) is 9.66. The van der Waals surface area contributed by atoms with Gasteiger partial charge in [0.25, 0.3) is 0 Å². The van der Waals surface area contributed by atoms with Gasteiger partial charge in [-0.1, -0.05) is 24.6 Å². The van der Waals surface area contributed by atoms with Gasteiger partial charge in [0.2, 0.25) is 0 Å². The monoisotopic (exact) mass is 297 g/mol. The second-order valence-corrected chi connectivity index (χ2v) is 7.58. The number of thioether (sulfide) groups is 1. The Morgan fingerprint density at radius 1 is 1.30 bits per heavy atom. The lowest BCUT2D eigenvalue weighted by Crippen LogP contribution is -2.46. The smallest absolute Gasteiger partial charge is 0.156 e. The lowest BCUT2D eigenvalue weighted by molar-refractivity contribution is 0.269. The van der Waals surface area contributed by atoms with Crippen LogP contribution in [0.4, 0.5) is 0 Å². The number of rotatable bonds is 6. The van der Waals surface area contributed by atoms with Crippen LogP contribution in [-0.4, -0.2) is 48.0 Å². The van der Waals surface area contributed by atoms with E-state index in [1.54, 1.807) is 0 Å². The number of nitrogens with one attached hydrogen (secondary N) is 1. The molecule has 0 amide bonds. The molecule has 0 radical (unpaired) electrons. The summed E-state index contributed by atoms with van der Waals surface area (Å²) in [5.74, 6) is 2.18. The molecule has 0 aromatic heterocycles. The molecule has 0 bridgehead atoms. The highest BCUT2D eigenvalue weighted by molar-refractivity contribution is 8.13. The number of hydrogen-bond donors (Lipinski definition) is 1. The summed E-state index contributed by atoms with van der Waals surface area (Å²) in [6.45, 7) is 6.68. The average molecular weight is 298 g/mol. The van der Waals surface area contributed by atoms with Crippen molar-refractivity contribution in [1.82, 2.24) is 10.2 Å². The molecule has 116 valence electrons. The van der Waals surface area contributed by atoms with Crippen LogP contribution in [0, 0.1) is 5.92 Å². The molecule has 2 aliphatic rings. The van der Waals surface area contributed by atoms with E-state index in [9.17, 15) is 0 Å². The van der Waals surface area contributed by atoms with Gasteiger partial charge in [-0.15, -0.1) is 0 Å². The maximum absolute atomic E-state index is 4.77. The fourth-order valence-electron chi connectivity index (χ4n) is 2.99. The molecule has 2 rings (SSSR count).